The monoisotopic (exact) mass is 460 g/mol. The summed E-state index contributed by atoms with van der Waals surface area (Å²) in [4.78, 5) is 25.9. The molecule has 0 bridgehead atoms. The van der Waals surface area contributed by atoms with Gasteiger partial charge in [0.15, 0.2) is 11.6 Å². The van der Waals surface area contributed by atoms with Gasteiger partial charge in [0.25, 0.3) is 5.91 Å². The Kier molecular flexibility index (Phi) is 7.46. The maximum atomic E-state index is 14.6. The molecule has 1 amide bonds. The summed E-state index contributed by atoms with van der Waals surface area (Å²) in [6.07, 6.45) is 5.03. The molecule has 4 aromatic rings. The molecule has 1 atom stereocenters. The predicted molar refractivity (Wildman–Crippen MR) is 129 cm³/mol. The molecule has 0 spiro atoms. The first-order valence-corrected chi connectivity index (χ1v) is 10.4. The molecule has 0 saturated heterocycles. The number of nitrogens with one attached hydrogen (secondary N) is 1. The molecule has 0 aliphatic rings. The molecule has 34 heavy (non-hydrogen) atoms. The fourth-order valence-electron chi connectivity index (χ4n) is 3.42. The lowest BCUT2D eigenvalue weighted by molar-refractivity contribution is 0.0940. The fourth-order valence-corrected chi connectivity index (χ4v) is 3.42. The lowest BCUT2D eigenvalue weighted by Gasteiger charge is -2.16. The zero-order valence-electron chi connectivity index (χ0n) is 18.4. The van der Waals surface area contributed by atoms with Crippen LogP contribution in [0.2, 0.25) is 0 Å². The molecule has 5 nitrogen and oxygen atoms in total. The molecule has 1 N–H and O–H groups in total. The number of amides is 1. The Balaban J connectivity index is 0.00000324. The van der Waals surface area contributed by atoms with Crippen LogP contribution in [0.1, 0.15) is 47.7 Å². The number of halogens is 2. The van der Waals surface area contributed by atoms with Crippen molar-refractivity contribution in [1.29, 1.82) is 0 Å². The van der Waals surface area contributed by atoms with Gasteiger partial charge in [-0.05, 0) is 62.2 Å². The van der Waals surface area contributed by atoms with Crippen LogP contribution in [0.3, 0.4) is 0 Å². The van der Waals surface area contributed by atoms with E-state index in [1.807, 2.05) is 26.0 Å². The highest BCUT2D eigenvalue weighted by Gasteiger charge is 2.17. The van der Waals surface area contributed by atoms with Gasteiger partial charge < -0.3 is 5.32 Å². The molecule has 0 saturated carbocycles. The average Bonchev–Trinajstić information content (AvgIpc) is 2.81. The number of carbonyl (C=O) groups is 1. The molecule has 0 aliphatic carbocycles. The van der Waals surface area contributed by atoms with E-state index in [-0.39, 0.29) is 24.9 Å². The van der Waals surface area contributed by atoms with Gasteiger partial charge in [-0.1, -0.05) is 25.6 Å². The summed E-state index contributed by atoms with van der Waals surface area (Å²) in [5, 5.41) is 2.92. The fraction of sp³-hybridized carbons (Fsp3) is 0.185. The minimum Gasteiger partial charge on any atom is -0.345 e. The van der Waals surface area contributed by atoms with Crippen LogP contribution in [0, 0.1) is 25.5 Å². The summed E-state index contributed by atoms with van der Waals surface area (Å²) in [5.41, 5.74) is 3.72. The molecular formula is C27H26F2N4O. The van der Waals surface area contributed by atoms with E-state index in [1.165, 1.54) is 12.1 Å². The number of hydrogen-bond acceptors (Lipinski definition) is 4. The summed E-state index contributed by atoms with van der Waals surface area (Å²) >= 11 is 0. The molecule has 0 unspecified atom stereocenters. The topological polar surface area (TPSA) is 67.8 Å². The van der Waals surface area contributed by atoms with E-state index in [0.717, 1.165) is 17.2 Å². The highest BCUT2D eigenvalue weighted by molar-refractivity contribution is 5.97. The van der Waals surface area contributed by atoms with Gasteiger partial charge in [-0.25, -0.2) is 18.7 Å². The second-order valence-corrected chi connectivity index (χ2v) is 7.88. The normalized spacial score (nSPS) is 11.4. The van der Waals surface area contributed by atoms with Gasteiger partial charge in [-0.2, -0.15) is 0 Å². The van der Waals surface area contributed by atoms with Gasteiger partial charge in [-0.3, -0.25) is 9.78 Å². The van der Waals surface area contributed by atoms with Gasteiger partial charge >= 0.3 is 0 Å². The third-order valence-electron chi connectivity index (χ3n) is 5.31. The van der Waals surface area contributed by atoms with E-state index in [4.69, 9.17) is 0 Å². The van der Waals surface area contributed by atoms with E-state index >= 15 is 0 Å². The summed E-state index contributed by atoms with van der Waals surface area (Å²) in [6, 6.07) is 12.3. The summed E-state index contributed by atoms with van der Waals surface area (Å²) in [7, 11) is 0. The van der Waals surface area contributed by atoms with Crippen molar-refractivity contribution in [2.45, 2.75) is 34.2 Å². The lowest BCUT2D eigenvalue weighted by atomic mass is 9.97. The maximum Gasteiger partial charge on any atom is 0.251 e. The third-order valence-corrected chi connectivity index (χ3v) is 5.31. The van der Waals surface area contributed by atoms with E-state index < -0.39 is 11.6 Å². The first kappa shape index (κ1) is 24.6. The van der Waals surface area contributed by atoms with Crippen molar-refractivity contribution in [2.75, 3.05) is 0 Å². The van der Waals surface area contributed by atoms with Crippen molar-refractivity contribution in [1.82, 2.24) is 20.3 Å². The Morgan fingerprint density at radius 1 is 0.912 bits per heavy atom. The second kappa shape index (κ2) is 10.3. The first-order chi connectivity index (χ1) is 15.8. The number of pyridine rings is 1. The molecule has 0 aliphatic heterocycles. The van der Waals surface area contributed by atoms with Gasteiger partial charge in [0, 0.05) is 40.8 Å². The zero-order valence-corrected chi connectivity index (χ0v) is 18.4. The van der Waals surface area contributed by atoms with Crippen molar-refractivity contribution in [2.24, 2.45) is 0 Å². The van der Waals surface area contributed by atoms with E-state index in [2.05, 4.69) is 20.3 Å². The standard InChI is InChI=1S/C26H22F2N4O.CH4/c1-15-7-8-24(31-12-15)19-9-18(22-5-4-6-23(27)25(22)28)10-20(11-19)26(33)32-16(2)21-13-29-17(3)30-14-21;/h4-14,16H,1-3H3,(H,32,33);1H4/t16-;/m1./s1. The van der Waals surface area contributed by atoms with Gasteiger partial charge in [0.2, 0.25) is 0 Å². The van der Waals surface area contributed by atoms with Crippen LogP contribution in [-0.4, -0.2) is 20.9 Å². The minimum absolute atomic E-state index is 0. The minimum atomic E-state index is -0.969. The van der Waals surface area contributed by atoms with Crippen molar-refractivity contribution in [3.63, 3.8) is 0 Å². The quantitative estimate of drug-likeness (QED) is 0.383. The lowest BCUT2D eigenvalue weighted by Crippen LogP contribution is -2.27. The summed E-state index contributed by atoms with van der Waals surface area (Å²) < 4.78 is 28.5. The van der Waals surface area contributed by atoms with Crippen LogP contribution < -0.4 is 5.32 Å². The molecule has 0 fully saturated rings. The molecule has 2 aromatic heterocycles. The molecule has 0 radical (unpaired) electrons. The summed E-state index contributed by atoms with van der Waals surface area (Å²) in [5.74, 6) is -1.65. The van der Waals surface area contributed by atoms with Crippen LogP contribution in [0.4, 0.5) is 8.78 Å². The average molecular weight is 461 g/mol. The van der Waals surface area contributed by atoms with Crippen molar-refractivity contribution >= 4 is 5.91 Å². The Morgan fingerprint density at radius 3 is 2.29 bits per heavy atom. The number of aryl methyl sites for hydroxylation is 2. The van der Waals surface area contributed by atoms with Crippen molar-refractivity contribution in [3.8, 4) is 22.4 Å². The van der Waals surface area contributed by atoms with E-state index in [0.29, 0.717) is 28.2 Å². The smallest absolute Gasteiger partial charge is 0.251 e. The Hall–Kier alpha value is -4.00. The molecule has 7 heteroatoms. The largest absolute Gasteiger partial charge is 0.345 e. The number of rotatable bonds is 5. The second-order valence-electron chi connectivity index (χ2n) is 7.88. The number of nitrogens with zero attached hydrogens (tertiary/aromatic N) is 3. The van der Waals surface area contributed by atoms with Crippen LogP contribution in [-0.2, 0) is 0 Å². The molecule has 4 rings (SSSR count). The third kappa shape index (κ3) is 5.31. The van der Waals surface area contributed by atoms with Crippen LogP contribution in [0.5, 0.6) is 0 Å². The molecule has 174 valence electrons. The van der Waals surface area contributed by atoms with Crippen LogP contribution in [0.15, 0.2) is 67.1 Å². The number of carbonyl (C=O) groups excluding carboxylic acids is 1. The molecule has 2 aromatic carbocycles. The Bertz CT molecular complexity index is 1310. The molecular weight excluding hydrogens is 434 g/mol. The predicted octanol–water partition coefficient (Wildman–Crippen LogP) is 6.23. The molecule has 2 heterocycles. The van der Waals surface area contributed by atoms with Gasteiger partial charge in [0.05, 0.1) is 11.7 Å². The van der Waals surface area contributed by atoms with Crippen molar-refractivity contribution in [3.05, 3.63) is 101 Å². The highest BCUT2D eigenvalue weighted by atomic mass is 19.2. The Labute approximate surface area is 197 Å². The Morgan fingerprint density at radius 2 is 1.62 bits per heavy atom. The number of aromatic nitrogens is 3. The van der Waals surface area contributed by atoms with Crippen LogP contribution in [0.25, 0.3) is 22.4 Å². The zero-order chi connectivity index (χ0) is 23.5. The number of benzene rings is 2. The highest BCUT2D eigenvalue weighted by Crippen LogP contribution is 2.30. The van der Waals surface area contributed by atoms with E-state index in [9.17, 15) is 13.6 Å². The first-order valence-electron chi connectivity index (χ1n) is 10.4. The summed E-state index contributed by atoms with van der Waals surface area (Å²) in [6.45, 7) is 5.53. The van der Waals surface area contributed by atoms with Crippen LogP contribution >= 0.6 is 0 Å². The van der Waals surface area contributed by atoms with Gasteiger partial charge in [0.1, 0.15) is 5.82 Å². The SMILES string of the molecule is C.Cc1ccc(-c2cc(C(=O)N[C@H](C)c3cnc(C)nc3)cc(-c3cccc(F)c3F)c2)nc1. The van der Waals surface area contributed by atoms with Gasteiger partial charge in [-0.15, -0.1) is 0 Å². The maximum absolute atomic E-state index is 14.6. The number of hydrogen-bond donors (Lipinski definition) is 1. The van der Waals surface area contributed by atoms with E-state index in [1.54, 1.807) is 43.7 Å². The van der Waals surface area contributed by atoms with Crippen molar-refractivity contribution < 1.29 is 13.6 Å².